The van der Waals surface area contributed by atoms with Crippen LogP contribution in [0.5, 0.6) is 0 Å². The van der Waals surface area contributed by atoms with Crippen molar-refractivity contribution in [2.75, 3.05) is 26.7 Å². The summed E-state index contributed by atoms with van der Waals surface area (Å²) >= 11 is 0. The molecule has 100 valence electrons. The third kappa shape index (κ3) is 2.91. The van der Waals surface area contributed by atoms with Crippen molar-refractivity contribution in [3.63, 3.8) is 0 Å². The van der Waals surface area contributed by atoms with Gasteiger partial charge in [-0.1, -0.05) is 12.1 Å². The second kappa shape index (κ2) is 5.82. The normalized spacial score (nSPS) is 17.2. The van der Waals surface area contributed by atoms with Gasteiger partial charge in [-0.3, -0.25) is 0 Å². The molecule has 4 nitrogen and oxygen atoms in total. The SMILES string of the molecule is CNCCc1ccc(S(=O)(=O)N2CCCC2)cc1. The van der Waals surface area contributed by atoms with Crippen molar-refractivity contribution in [3.8, 4) is 0 Å². The molecule has 0 amide bonds. The molecule has 0 aromatic heterocycles. The molecule has 1 aliphatic heterocycles. The maximum Gasteiger partial charge on any atom is 0.243 e. The van der Waals surface area contributed by atoms with Crippen LogP contribution in [0, 0.1) is 0 Å². The maximum absolute atomic E-state index is 12.3. The molecule has 5 heteroatoms. The van der Waals surface area contributed by atoms with E-state index in [9.17, 15) is 8.42 Å². The van der Waals surface area contributed by atoms with Gasteiger partial charge in [0.15, 0.2) is 0 Å². The van der Waals surface area contributed by atoms with E-state index in [0.29, 0.717) is 18.0 Å². The van der Waals surface area contributed by atoms with Crippen LogP contribution < -0.4 is 5.32 Å². The fourth-order valence-corrected chi connectivity index (χ4v) is 3.69. The molecule has 18 heavy (non-hydrogen) atoms. The molecule has 1 saturated heterocycles. The zero-order chi connectivity index (χ0) is 13.0. The molecule has 1 heterocycles. The smallest absolute Gasteiger partial charge is 0.243 e. The van der Waals surface area contributed by atoms with Crippen LogP contribution in [-0.2, 0) is 16.4 Å². The van der Waals surface area contributed by atoms with Gasteiger partial charge >= 0.3 is 0 Å². The van der Waals surface area contributed by atoms with Crippen LogP contribution in [-0.4, -0.2) is 39.4 Å². The molecule has 1 fully saturated rings. The van der Waals surface area contributed by atoms with Crippen molar-refractivity contribution in [3.05, 3.63) is 29.8 Å². The van der Waals surface area contributed by atoms with Gasteiger partial charge < -0.3 is 5.32 Å². The Morgan fingerprint density at radius 1 is 1.17 bits per heavy atom. The van der Waals surface area contributed by atoms with Crippen LogP contribution in [0.2, 0.25) is 0 Å². The van der Waals surface area contributed by atoms with E-state index in [-0.39, 0.29) is 0 Å². The van der Waals surface area contributed by atoms with Crippen molar-refractivity contribution in [2.45, 2.75) is 24.2 Å². The molecule has 0 atom stereocenters. The Hall–Kier alpha value is -0.910. The van der Waals surface area contributed by atoms with Crippen LogP contribution >= 0.6 is 0 Å². The molecule has 2 rings (SSSR count). The third-order valence-electron chi connectivity index (χ3n) is 3.29. The number of benzene rings is 1. The van der Waals surface area contributed by atoms with Crippen molar-refractivity contribution >= 4 is 10.0 Å². The second-order valence-electron chi connectivity index (χ2n) is 4.61. The van der Waals surface area contributed by atoms with Crippen LogP contribution in [0.25, 0.3) is 0 Å². The Balaban J connectivity index is 2.13. The Bertz CT molecular complexity index is 476. The number of nitrogens with zero attached hydrogens (tertiary/aromatic N) is 1. The van der Waals surface area contributed by atoms with Gasteiger partial charge in [0.1, 0.15) is 0 Å². The summed E-state index contributed by atoms with van der Waals surface area (Å²) in [6, 6.07) is 7.25. The number of hydrogen-bond donors (Lipinski definition) is 1. The minimum absolute atomic E-state index is 0.414. The minimum Gasteiger partial charge on any atom is -0.319 e. The van der Waals surface area contributed by atoms with E-state index < -0.39 is 10.0 Å². The zero-order valence-corrected chi connectivity index (χ0v) is 11.5. The van der Waals surface area contributed by atoms with Crippen LogP contribution in [0.4, 0.5) is 0 Å². The Morgan fingerprint density at radius 2 is 1.78 bits per heavy atom. The fourth-order valence-electron chi connectivity index (χ4n) is 2.17. The lowest BCUT2D eigenvalue weighted by atomic mass is 10.1. The average molecular weight is 268 g/mol. The molecule has 1 aromatic rings. The van der Waals surface area contributed by atoms with Gasteiger partial charge in [-0.2, -0.15) is 4.31 Å². The molecule has 0 unspecified atom stereocenters. The first-order valence-electron chi connectivity index (χ1n) is 6.38. The predicted molar refractivity (Wildman–Crippen MR) is 72.1 cm³/mol. The lowest BCUT2D eigenvalue weighted by Crippen LogP contribution is -2.27. The Morgan fingerprint density at radius 3 is 2.33 bits per heavy atom. The number of hydrogen-bond acceptors (Lipinski definition) is 3. The summed E-state index contributed by atoms with van der Waals surface area (Å²) in [6.07, 6.45) is 2.86. The van der Waals surface area contributed by atoms with Gasteiger partial charge in [-0.15, -0.1) is 0 Å². The van der Waals surface area contributed by atoms with E-state index in [1.165, 1.54) is 0 Å². The van der Waals surface area contributed by atoms with E-state index in [4.69, 9.17) is 0 Å². The topological polar surface area (TPSA) is 49.4 Å². The zero-order valence-electron chi connectivity index (χ0n) is 10.7. The molecule has 0 aliphatic carbocycles. The van der Waals surface area contributed by atoms with Gasteiger partial charge in [-0.05, 0) is 50.6 Å². The molecule has 1 N–H and O–H groups in total. The largest absolute Gasteiger partial charge is 0.319 e. The molecular weight excluding hydrogens is 248 g/mol. The first-order valence-corrected chi connectivity index (χ1v) is 7.82. The summed E-state index contributed by atoms with van der Waals surface area (Å²) in [7, 11) is -1.35. The summed E-state index contributed by atoms with van der Waals surface area (Å²) in [4.78, 5) is 0.414. The summed E-state index contributed by atoms with van der Waals surface area (Å²) in [5.41, 5.74) is 1.16. The van der Waals surface area contributed by atoms with Gasteiger partial charge in [0.25, 0.3) is 0 Å². The number of rotatable bonds is 5. The third-order valence-corrected chi connectivity index (χ3v) is 5.20. The van der Waals surface area contributed by atoms with Crippen LogP contribution in [0.3, 0.4) is 0 Å². The Labute approximate surface area is 109 Å². The van der Waals surface area contributed by atoms with E-state index in [1.807, 2.05) is 19.2 Å². The molecule has 0 saturated carbocycles. The first kappa shape index (κ1) is 13.5. The number of nitrogens with one attached hydrogen (secondary N) is 1. The van der Waals surface area contributed by atoms with E-state index in [1.54, 1.807) is 16.4 Å². The van der Waals surface area contributed by atoms with Gasteiger partial charge in [0, 0.05) is 13.1 Å². The summed E-state index contributed by atoms with van der Waals surface area (Å²) < 4.78 is 26.1. The van der Waals surface area contributed by atoms with E-state index in [0.717, 1.165) is 31.4 Å². The highest BCUT2D eigenvalue weighted by Gasteiger charge is 2.26. The highest BCUT2D eigenvalue weighted by atomic mass is 32.2. The van der Waals surface area contributed by atoms with Crippen molar-refractivity contribution in [2.24, 2.45) is 0 Å². The molecule has 0 spiro atoms. The highest BCUT2D eigenvalue weighted by molar-refractivity contribution is 7.89. The van der Waals surface area contributed by atoms with Crippen LogP contribution in [0.1, 0.15) is 18.4 Å². The lowest BCUT2D eigenvalue weighted by Gasteiger charge is -2.15. The fraction of sp³-hybridized carbons (Fsp3) is 0.538. The van der Waals surface area contributed by atoms with Crippen molar-refractivity contribution in [1.82, 2.24) is 9.62 Å². The predicted octanol–water partition coefficient (Wildman–Crippen LogP) is 1.23. The van der Waals surface area contributed by atoms with E-state index in [2.05, 4.69) is 5.32 Å². The van der Waals surface area contributed by atoms with Crippen molar-refractivity contribution in [1.29, 1.82) is 0 Å². The average Bonchev–Trinajstić information content (AvgIpc) is 2.91. The number of likely N-dealkylation sites (N-methyl/N-ethyl adjacent to an activating group) is 1. The maximum atomic E-state index is 12.3. The standard InChI is InChI=1S/C13H20N2O2S/c1-14-9-8-12-4-6-13(7-5-12)18(16,17)15-10-2-3-11-15/h4-7,14H,2-3,8-11H2,1H3. The molecule has 1 aromatic carbocycles. The Kier molecular flexibility index (Phi) is 4.37. The van der Waals surface area contributed by atoms with Crippen molar-refractivity contribution < 1.29 is 8.42 Å². The lowest BCUT2D eigenvalue weighted by molar-refractivity contribution is 0.477. The summed E-state index contributed by atoms with van der Waals surface area (Å²) in [5, 5.41) is 3.08. The van der Waals surface area contributed by atoms with Gasteiger partial charge in [-0.25, -0.2) is 8.42 Å². The van der Waals surface area contributed by atoms with E-state index >= 15 is 0 Å². The minimum atomic E-state index is -3.26. The quantitative estimate of drug-likeness (QED) is 0.874. The highest BCUT2D eigenvalue weighted by Crippen LogP contribution is 2.21. The number of sulfonamides is 1. The van der Waals surface area contributed by atoms with Gasteiger partial charge in [0.05, 0.1) is 4.90 Å². The summed E-state index contributed by atoms with van der Waals surface area (Å²) in [5.74, 6) is 0. The van der Waals surface area contributed by atoms with Crippen LogP contribution in [0.15, 0.2) is 29.2 Å². The monoisotopic (exact) mass is 268 g/mol. The molecule has 0 bridgehead atoms. The molecule has 1 aliphatic rings. The molecular formula is C13H20N2O2S. The summed E-state index contributed by atoms with van der Waals surface area (Å²) in [6.45, 7) is 2.21. The molecule has 0 radical (unpaired) electrons. The first-order chi connectivity index (χ1) is 8.64. The van der Waals surface area contributed by atoms with Gasteiger partial charge in [0.2, 0.25) is 10.0 Å². The second-order valence-corrected chi connectivity index (χ2v) is 6.55.